The Balaban J connectivity index is 1.22. The summed E-state index contributed by atoms with van der Waals surface area (Å²) in [5.41, 5.74) is -0.152. The third-order valence-electron chi connectivity index (χ3n) is 6.28. The van der Waals surface area contributed by atoms with Gasteiger partial charge in [0.2, 0.25) is 5.95 Å². The molecule has 9 nitrogen and oxygen atoms in total. The second-order valence-electron chi connectivity index (χ2n) is 8.69. The molecule has 0 atom stereocenters. The Morgan fingerprint density at radius 1 is 0.794 bits per heavy atom. The van der Waals surface area contributed by atoms with Gasteiger partial charge in [-0.05, 0) is 49.9 Å². The molecule has 10 heteroatoms. The van der Waals surface area contributed by atoms with E-state index in [2.05, 4.69) is 25.8 Å². The average molecular weight is 466 g/mol. The van der Waals surface area contributed by atoms with Gasteiger partial charge in [0.05, 0.1) is 0 Å². The zero-order chi connectivity index (χ0) is 23.5. The summed E-state index contributed by atoms with van der Waals surface area (Å²) in [5, 5.41) is 9.26. The van der Waals surface area contributed by atoms with Crippen LogP contribution < -0.4 is 36.6 Å². The molecule has 178 valence electrons. The van der Waals surface area contributed by atoms with Crippen molar-refractivity contribution in [2.24, 2.45) is 0 Å². The van der Waals surface area contributed by atoms with Gasteiger partial charge in [0, 0.05) is 51.0 Å². The molecule has 3 N–H and O–H groups in total. The van der Waals surface area contributed by atoms with E-state index < -0.39 is 10.9 Å². The van der Waals surface area contributed by atoms with Crippen LogP contribution in [0.2, 0.25) is 0 Å². The number of hydrogen-bond donors (Lipinski definition) is 3. The quantitative estimate of drug-likeness (QED) is 0.325. The predicted molar refractivity (Wildman–Crippen MR) is 133 cm³/mol. The molecule has 3 heterocycles. The van der Waals surface area contributed by atoms with Gasteiger partial charge in [-0.1, -0.05) is 0 Å². The third kappa shape index (κ3) is 4.66. The van der Waals surface area contributed by atoms with Crippen molar-refractivity contribution in [2.45, 2.75) is 25.7 Å². The number of hydrogen-bond acceptors (Lipinski definition) is 9. The van der Waals surface area contributed by atoms with Crippen LogP contribution in [0.1, 0.15) is 25.7 Å². The normalized spacial score (nSPS) is 15.8. The Kier molecular flexibility index (Phi) is 6.29. The molecule has 3 aromatic rings. The minimum atomic E-state index is -0.582. The van der Waals surface area contributed by atoms with Crippen LogP contribution in [0.3, 0.4) is 0 Å². The molecule has 0 amide bonds. The number of anilines is 6. The predicted octanol–water partition coefficient (Wildman–Crippen LogP) is 2.68. The lowest BCUT2D eigenvalue weighted by molar-refractivity contribution is 0.628. The molecule has 1 aromatic heterocycles. The maximum absolute atomic E-state index is 13.1. The van der Waals surface area contributed by atoms with Crippen molar-refractivity contribution in [1.82, 2.24) is 9.97 Å². The molecule has 0 aliphatic carbocycles. The molecule has 0 unspecified atom stereocenters. The summed E-state index contributed by atoms with van der Waals surface area (Å²) >= 11 is 0. The molecule has 5 rings (SSSR count). The van der Waals surface area contributed by atoms with Crippen molar-refractivity contribution in [1.29, 1.82) is 0 Å². The number of halogens is 1. The molecule has 0 saturated carbocycles. The molecular weight excluding hydrogens is 437 g/mol. The summed E-state index contributed by atoms with van der Waals surface area (Å²) in [6.07, 6.45) is 4.65. The Labute approximate surface area is 196 Å². The molecule has 2 saturated heterocycles. The third-order valence-corrected chi connectivity index (χ3v) is 6.28. The first-order valence-corrected chi connectivity index (χ1v) is 11.8. The minimum Gasteiger partial charge on any atom is -0.378 e. The van der Waals surface area contributed by atoms with E-state index in [0.717, 1.165) is 56.6 Å². The van der Waals surface area contributed by atoms with Gasteiger partial charge in [-0.2, -0.15) is 9.97 Å². The molecule has 0 spiro atoms. The van der Waals surface area contributed by atoms with Crippen LogP contribution >= 0.6 is 0 Å². The lowest BCUT2D eigenvalue weighted by Crippen LogP contribution is -2.37. The van der Waals surface area contributed by atoms with E-state index in [4.69, 9.17) is 9.97 Å². The summed E-state index contributed by atoms with van der Waals surface area (Å²) in [6, 6.07) is 7.59. The van der Waals surface area contributed by atoms with E-state index in [1.165, 1.54) is 37.1 Å². The van der Waals surface area contributed by atoms with Crippen molar-refractivity contribution in [2.75, 3.05) is 65.0 Å². The van der Waals surface area contributed by atoms with Crippen molar-refractivity contribution >= 4 is 34.6 Å². The van der Waals surface area contributed by atoms with Gasteiger partial charge < -0.3 is 25.8 Å². The second kappa shape index (κ2) is 9.66. The average Bonchev–Trinajstić information content (AvgIpc) is 3.58. The van der Waals surface area contributed by atoms with Gasteiger partial charge in [-0.15, -0.1) is 0 Å². The maximum atomic E-state index is 13.1. The Morgan fingerprint density at radius 3 is 2.12 bits per heavy atom. The highest BCUT2D eigenvalue weighted by Gasteiger charge is 2.22. The molecule has 0 bridgehead atoms. The first kappa shape index (κ1) is 22.1. The van der Waals surface area contributed by atoms with Crippen LogP contribution in [0.25, 0.3) is 0 Å². The number of benzene rings is 1. The molecule has 2 aromatic carbocycles. The number of rotatable bonds is 9. The fraction of sp³-hybridized carbons (Fsp3) is 0.417. The maximum Gasteiger partial charge on any atom is 0.253 e. The van der Waals surface area contributed by atoms with E-state index in [1.54, 1.807) is 0 Å². The Morgan fingerprint density at radius 2 is 1.41 bits per heavy atom. The lowest BCUT2D eigenvalue weighted by Gasteiger charge is -2.22. The Hall–Kier alpha value is -3.69. The zero-order valence-electron chi connectivity index (χ0n) is 18.9. The highest BCUT2D eigenvalue weighted by atomic mass is 19.1. The summed E-state index contributed by atoms with van der Waals surface area (Å²) in [6.45, 7) is 4.88. The van der Waals surface area contributed by atoms with Crippen LogP contribution in [0.4, 0.5) is 39.0 Å². The van der Waals surface area contributed by atoms with Gasteiger partial charge in [0.1, 0.15) is 28.8 Å². The van der Waals surface area contributed by atoms with Crippen molar-refractivity contribution in [3.8, 4) is 0 Å². The topological polar surface area (TPSA) is 102 Å². The first-order valence-electron chi connectivity index (χ1n) is 11.8. The van der Waals surface area contributed by atoms with Crippen LogP contribution in [0.15, 0.2) is 39.9 Å². The smallest absolute Gasteiger partial charge is 0.253 e. The largest absolute Gasteiger partial charge is 0.378 e. The number of nitrogens with one attached hydrogen (secondary N) is 3. The van der Waals surface area contributed by atoms with E-state index in [1.807, 2.05) is 6.07 Å². The van der Waals surface area contributed by atoms with Gasteiger partial charge in [0.25, 0.3) is 10.9 Å². The number of nitrogens with zero attached hydrogens (tertiary/aromatic N) is 4. The van der Waals surface area contributed by atoms with E-state index in [9.17, 15) is 14.0 Å². The molecule has 2 aliphatic rings. The second-order valence-corrected chi connectivity index (χ2v) is 8.69. The van der Waals surface area contributed by atoms with E-state index in [0.29, 0.717) is 18.8 Å². The zero-order valence-corrected chi connectivity index (χ0v) is 18.9. The molecule has 0 radical (unpaired) electrons. The Bertz CT molecular complexity index is 1180. The highest BCUT2D eigenvalue weighted by molar-refractivity contribution is 5.78. The van der Waals surface area contributed by atoms with Gasteiger partial charge in [-0.25, -0.2) is 4.39 Å². The summed E-state index contributed by atoms with van der Waals surface area (Å²) in [7, 11) is 0. The van der Waals surface area contributed by atoms with Crippen molar-refractivity contribution in [3.63, 3.8) is 0 Å². The fourth-order valence-corrected chi connectivity index (χ4v) is 4.41. The minimum absolute atomic E-state index is 0.200. The molecular formula is C24H28FN7O2. The van der Waals surface area contributed by atoms with Crippen LogP contribution in [0.5, 0.6) is 0 Å². The van der Waals surface area contributed by atoms with Crippen LogP contribution in [0, 0.1) is 5.82 Å². The number of aromatic nitrogens is 2. The summed E-state index contributed by atoms with van der Waals surface area (Å²) < 4.78 is 13.1. The van der Waals surface area contributed by atoms with E-state index >= 15 is 0 Å². The summed E-state index contributed by atoms with van der Waals surface area (Å²) in [4.78, 5) is 38.1. The molecule has 2 aliphatic heterocycles. The van der Waals surface area contributed by atoms with E-state index in [-0.39, 0.29) is 17.2 Å². The van der Waals surface area contributed by atoms with Crippen LogP contribution in [-0.2, 0) is 0 Å². The monoisotopic (exact) mass is 465 g/mol. The van der Waals surface area contributed by atoms with Gasteiger partial charge >= 0.3 is 0 Å². The standard InChI is InChI=1S/C24H28FN7O2/c25-16-5-7-17(8-6-16)28-21-20(22(33)23(21)34)27-10-9-26-18-15-19(31-11-1-2-12-31)30-24(29-18)32-13-3-4-14-32/h5-8,15,27-28H,1-4,9-14H2,(H,26,29,30). The SMILES string of the molecule is O=c1c(NCCNc2cc(N3CCCC3)nc(N3CCCC3)n2)c(Nc2ccc(F)cc2)c1=O. The van der Waals surface area contributed by atoms with Crippen LogP contribution in [-0.4, -0.2) is 49.2 Å². The van der Waals surface area contributed by atoms with Gasteiger partial charge in [0.15, 0.2) is 0 Å². The lowest BCUT2D eigenvalue weighted by atomic mass is 10.1. The van der Waals surface area contributed by atoms with Crippen molar-refractivity contribution < 1.29 is 4.39 Å². The first-order chi connectivity index (χ1) is 16.6. The molecule has 34 heavy (non-hydrogen) atoms. The fourth-order valence-electron chi connectivity index (χ4n) is 4.41. The summed E-state index contributed by atoms with van der Waals surface area (Å²) in [5.74, 6) is 2.07. The van der Waals surface area contributed by atoms with Crippen molar-refractivity contribution in [3.05, 3.63) is 56.6 Å². The highest BCUT2D eigenvalue weighted by Crippen LogP contribution is 2.25. The van der Waals surface area contributed by atoms with Gasteiger partial charge in [-0.3, -0.25) is 9.59 Å². The molecule has 2 fully saturated rings.